The minimum atomic E-state index is -0.181. The van der Waals surface area contributed by atoms with E-state index >= 15 is 0 Å². The molecule has 2 nitrogen and oxygen atoms in total. The SMILES string of the molecule is CC1(C)C2CC1C1CCC34OC1(C2)OC3CC1CC4C1(C)C. The fraction of sp³-hybridized carbons (Fsp3) is 1.00. The molecule has 6 bridgehead atoms. The van der Waals surface area contributed by atoms with E-state index in [0.717, 1.165) is 23.7 Å². The summed E-state index contributed by atoms with van der Waals surface area (Å²) in [6.45, 7) is 9.95. The molecule has 8 rings (SSSR count). The average molecular weight is 302 g/mol. The normalized spacial score (nSPS) is 64.9. The van der Waals surface area contributed by atoms with Crippen molar-refractivity contribution in [3.63, 3.8) is 0 Å². The highest BCUT2D eigenvalue weighted by atomic mass is 16.8. The summed E-state index contributed by atoms with van der Waals surface area (Å²) in [5.74, 6) is 3.78. The third kappa shape index (κ3) is 1.12. The van der Waals surface area contributed by atoms with Gasteiger partial charge in [-0.25, -0.2) is 0 Å². The highest BCUT2D eigenvalue weighted by Gasteiger charge is 2.78. The quantitative estimate of drug-likeness (QED) is 0.661. The van der Waals surface area contributed by atoms with Gasteiger partial charge in [-0.05, 0) is 66.6 Å². The Morgan fingerprint density at radius 1 is 0.864 bits per heavy atom. The molecule has 2 heteroatoms. The van der Waals surface area contributed by atoms with Gasteiger partial charge < -0.3 is 9.47 Å². The lowest BCUT2D eigenvalue weighted by Gasteiger charge is -2.68. The molecule has 2 saturated heterocycles. The summed E-state index contributed by atoms with van der Waals surface area (Å²) >= 11 is 0. The van der Waals surface area contributed by atoms with E-state index in [4.69, 9.17) is 9.47 Å². The number of hydrogen-bond donors (Lipinski definition) is 0. The van der Waals surface area contributed by atoms with Crippen molar-refractivity contribution < 1.29 is 9.47 Å². The van der Waals surface area contributed by atoms with Crippen molar-refractivity contribution in [3.05, 3.63) is 0 Å². The largest absolute Gasteiger partial charge is 0.343 e. The summed E-state index contributed by atoms with van der Waals surface area (Å²) in [6, 6.07) is 0. The van der Waals surface area contributed by atoms with Crippen LogP contribution in [0.5, 0.6) is 0 Å². The molecule has 0 aromatic rings. The van der Waals surface area contributed by atoms with Crippen LogP contribution in [0.2, 0.25) is 0 Å². The van der Waals surface area contributed by atoms with E-state index in [1.54, 1.807) is 0 Å². The molecule has 0 N–H and O–H groups in total. The van der Waals surface area contributed by atoms with Crippen LogP contribution in [0.1, 0.15) is 66.2 Å². The van der Waals surface area contributed by atoms with Crippen LogP contribution >= 0.6 is 0 Å². The van der Waals surface area contributed by atoms with Crippen LogP contribution in [0.25, 0.3) is 0 Å². The van der Waals surface area contributed by atoms with Gasteiger partial charge in [0.15, 0.2) is 5.79 Å². The summed E-state index contributed by atoms with van der Waals surface area (Å²) in [7, 11) is 0. The number of hydrogen-bond acceptors (Lipinski definition) is 2. The zero-order valence-corrected chi connectivity index (χ0v) is 14.5. The maximum Gasteiger partial charge on any atom is 0.173 e. The highest BCUT2D eigenvalue weighted by Crippen LogP contribution is 2.76. The van der Waals surface area contributed by atoms with Crippen LogP contribution in [0, 0.1) is 40.4 Å². The van der Waals surface area contributed by atoms with Crippen LogP contribution in [0.15, 0.2) is 0 Å². The van der Waals surface area contributed by atoms with Crippen molar-refractivity contribution in [1.82, 2.24) is 0 Å². The summed E-state index contributed by atoms with van der Waals surface area (Å²) in [5, 5.41) is 0. The second-order valence-electron chi connectivity index (χ2n) is 10.7. The Balaban J connectivity index is 1.41. The van der Waals surface area contributed by atoms with E-state index in [2.05, 4.69) is 27.7 Å². The maximum atomic E-state index is 7.04. The topological polar surface area (TPSA) is 18.5 Å². The Hall–Kier alpha value is -0.0800. The van der Waals surface area contributed by atoms with E-state index in [1.807, 2.05) is 0 Å². The van der Waals surface area contributed by atoms with Gasteiger partial charge in [-0.15, -0.1) is 0 Å². The van der Waals surface area contributed by atoms with Crippen molar-refractivity contribution in [2.75, 3.05) is 0 Å². The minimum Gasteiger partial charge on any atom is -0.343 e. The van der Waals surface area contributed by atoms with E-state index in [1.165, 1.54) is 38.5 Å². The lowest BCUT2D eigenvalue weighted by molar-refractivity contribution is -0.341. The summed E-state index contributed by atoms with van der Waals surface area (Å²) < 4.78 is 13.9. The van der Waals surface area contributed by atoms with E-state index in [-0.39, 0.29) is 11.4 Å². The third-order valence-electron chi connectivity index (χ3n) is 9.78. The van der Waals surface area contributed by atoms with Gasteiger partial charge in [-0.2, -0.15) is 0 Å². The fourth-order valence-corrected chi connectivity index (χ4v) is 8.13. The first-order chi connectivity index (χ1) is 10.3. The molecule has 0 aromatic carbocycles. The Morgan fingerprint density at radius 3 is 2.41 bits per heavy atom. The van der Waals surface area contributed by atoms with Gasteiger partial charge in [0.1, 0.15) is 5.60 Å². The molecule has 0 aromatic heterocycles. The first-order valence-electron chi connectivity index (χ1n) is 9.68. The molecule has 8 aliphatic rings. The van der Waals surface area contributed by atoms with Crippen molar-refractivity contribution in [2.45, 2.75) is 83.7 Å². The second kappa shape index (κ2) is 3.33. The molecule has 0 radical (unpaired) electrons. The monoisotopic (exact) mass is 302 g/mol. The zero-order valence-electron chi connectivity index (χ0n) is 14.5. The second-order valence-corrected chi connectivity index (χ2v) is 10.7. The molecule has 6 saturated carbocycles. The lowest BCUT2D eigenvalue weighted by atomic mass is 9.40. The van der Waals surface area contributed by atoms with Gasteiger partial charge in [0.25, 0.3) is 0 Å². The number of ether oxygens (including phenoxy) is 2. The average Bonchev–Trinajstić information content (AvgIpc) is 2.71. The summed E-state index contributed by atoms with van der Waals surface area (Å²) in [5.41, 5.74) is 1.10. The Kier molecular flexibility index (Phi) is 2.00. The minimum absolute atomic E-state index is 0.0860. The summed E-state index contributed by atoms with van der Waals surface area (Å²) in [4.78, 5) is 0. The third-order valence-corrected chi connectivity index (χ3v) is 9.78. The summed E-state index contributed by atoms with van der Waals surface area (Å²) in [6.07, 6.45) is 8.30. The van der Waals surface area contributed by atoms with E-state index in [9.17, 15) is 0 Å². The zero-order chi connectivity index (χ0) is 15.1. The van der Waals surface area contributed by atoms with E-state index in [0.29, 0.717) is 22.9 Å². The fourth-order valence-electron chi connectivity index (χ4n) is 8.13. The van der Waals surface area contributed by atoms with Crippen LogP contribution in [0.4, 0.5) is 0 Å². The molecule has 22 heavy (non-hydrogen) atoms. The molecular formula is C20H30O2. The molecule has 2 heterocycles. The molecule has 8 atom stereocenters. The van der Waals surface area contributed by atoms with Gasteiger partial charge in [0, 0.05) is 12.3 Å². The van der Waals surface area contributed by atoms with Crippen molar-refractivity contribution >= 4 is 0 Å². The predicted molar refractivity (Wildman–Crippen MR) is 84.1 cm³/mol. The maximum absolute atomic E-state index is 7.04. The molecule has 0 amide bonds. The van der Waals surface area contributed by atoms with Gasteiger partial charge in [-0.3, -0.25) is 0 Å². The van der Waals surface area contributed by atoms with Crippen LogP contribution in [-0.2, 0) is 9.47 Å². The van der Waals surface area contributed by atoms with Crippen LogP contribution in [0.3, 0.4) is 0 Å². The van der Waals surface area contributed by atoms with Crippen LogP contribution in [-0.4, -0.2) is 17.5 Å². The number of rotatable bonds is 0. The van der Waals surface area contributed by atoms with Gasteiger partial charge in [-0.1, -0.05) is 27.7 Å². The smallest absolute Gasteiger partial charge is 0.173 e. The molecule has 2 aliphatic heterocycles. The lowest BCUT2D eigenvalue weighted by Crippen LogP contribution is -2.69. The Bertz CT molecular complexity index is 566. The van der Waals surface area contributed by atoms with Crippen molar-refractivity contribution in [3.8, 4) is 0 Å². The van der Waals surface area contributed by atoms with Gasteiger partial charge in [0.2, 0.25) is 0 Å². The standard InChI is InChI=1S/C20H30O2/c1-17(2)12-7-14(17)13-5-6-19-15-8-11(18(15,3)4)9-16(19)21-20(13,10-12)22-19/h11-16H,5-10H2,1-4H3. The molecular weight excluding hydrogens is 272 g/mol. The van der Waals surface area contributed by atoms with Gasteiger partial charge in [0.05, 0.1) is 6.10 Å². The first-order valence-corrected chi connectivity index (χ1v) is 9.68. The molecule has 8 fully saturated rings. The predicted octanol–water partition coefficient (Wildman–Crippen LogP) is 4.38. The Labute approximate surface area is 134 Å². The molecule has 8 unspecified atom stereocenters. The highest BCUT2D eigenvalue weighted by molar-refractivity contribution is 5.23. The van der Waals surface area contributed by atoms with Crippen molar-refractivity contribution in [1.29, 1.82) is 0 Å². The van der Waals surface area contributed by atoms with Gasteiger partial charge >= 0.3 is 0 Å². The van der Waals surface area contributed by atoms with E-state index < -0.39 is 0 Å². The molecule has 122 valence electrons. The van der Waals surface area contributed by atoms with Crippen molar-refractivity contribution in [2.24, 2.45) is 40.4 Å². The Morgan fingerprint density at radius 2 is 1.68 bits per heavy atom. The molecule has 2 spiro atoms. The molecule has 6 aliphatic carbocycles. The van der Waals surface area contributed by atoms with Crippen LogP contribution < -0.4 is 0 Å². The first kappa shape index (κ1) is 13.2.